The molecule has 1 amide bonds. The zero-order chi connectivity index (χ0) is 55.1. The number of allylic oxidation sites excluding steroid dienone is 6. The second-order valence-corrected chi connectivity index (χ2v) is 22.1. The van der Waals surface area contributed by atoms with Crippen LogP contribution in [0.3, 0.4) is 0 Å². The molecule has 0 aromatic carbocycles. The Labute approximate surface area is 443 Å². The molecule has 0 spiro atoms. The maximum atomic E-state index is 14.6. The predicted octanol–water partition coefficient (Wildman–Crippen LogP) is 6.74. The Hall–Kier alpha value is -4.72. The van der Waals surface area contributed by atoms with Crippen molar-refractivity contribution in [2.75, 3.05) is 27.9 Å². The fraction of sp³-hybridized carbons (Fsp3) is 0.719. The number of ether oxygens (including phenoxy) is 5. The van der Waals surface area contributed by atoms with Crippen molar-refractivity contribution in [3.63, 3.8) is 0 Å². The van der Waals surface area contributed by atoms with Gasteiger partial charge in [0.15, 0.2) is 5.78 Å². The second kappa shape index (κ2) is 28.6. The number of cyclic esters (lactones) is 1. The summed E-state index contributed by atoms with van der Waals surface area (Å²) < 4.78 is 31.4. The number of methoxy groups -OCH3 is 3. The van der Waals surface area contributed by atoms with Crippen molar-refractivity contribution in [1.82, 2.24) is 19.9 Å². The van der Waals surface area contributed by atoms with E-state index in [2.05, 4.69) is 10.3 Å². The van der Waals surface area contributed by atoms with Gasteiger partial charge in [-0.15, -0.1) is 5.10 Å². The SMILES string of the molecule is CO[C@H]1C[C@@H]2CC[C@@H](C)[C@@](O)(O2)C(=O)C(=O)N2CCCC[C@H]2C(=O)O[C@H]([C@H](C)C[C@@H]2CC[C@@H](CCc3cn(CC(=O)O)nn3)[C@H](OC)C2)CC(=O)[C@H](C)/C=C(\C)[C@@H](O)[C@@H](OC)C(=O)[C@H](C)C[C@H](C)/C=C/C=C/C=C/1C. The topological polar surface area (TPSA) is 243 Å². The van der Waals surface area contributed by atoms with E-state index in [1.807, 2.05) is 58.1 Å². The lowest BCUT2D eigenvalue weighted by atomic mass is 9.74. The Morgan fingerprint density at radius 3 is 2.35 bits per heavy atom. The molecule has 1 aromatic heterocycles. The second-order valence-electron chi connectivity index (χ2n) is 22.1. The number of Topliss-reactive ketones (excluding diaryl/α,β-unsaturated/α-hetero) is 3. The lowest BCUT2D eigenvalue weighted by Gasteiger charge is -2.42. The number of esters is 1. The number of nitrogens with zero attached hydrogens (tertiary/aromatic N) is 4. The molecule has 3 N–H and O–H groups in total. The molecule has 18 nitrogen and oxygen atoms in total. The van der Waals surface area contributed by atoms with Crippen LogP contribution in [-0.2, 0) is 65.4 Å². The van der Waals surface area contributed by atoms with E-state index < -0.39 is 83.7 Å². The molecule has 15 atom stereocenters. The van der Waals surface area contributed by atoms with Crippen LogP contribution in [0.1, 0.15) is 138 Å². The van der Waals surface area contributed by atoms with Gasteiger partial charge in [-0.2, -0.15) is 0 Å². The molecule has 2 saturated heterocycles. The number of aliphatic hydroxyl groups is 2. The van der Waals surface area contributed by atoms with Gasteiger partial charge in [-0.25, -0.2) is 9.48 Å². The zero-order valence-corrected chi connectivity index (χ0v) is 46.1. The van der Waals surface area contributed by atoms with Gasteiger partial charge in [-0.1, -0.05) is 76.3 Å². The van der Waals surface area contributed by atoms with Gasteiger partial charge >= 0.3 is 11.9 Å². The zero-order valence-electron chi connectivity index (χ0n) is 46.1. The lowest BCUT2D eigenvalue weighted by molar-refractivity contribution is -0.265. The fourth-order valence-corrected chi connectivity index (χ4v) is 11.6. The molecule has 3 fully saturated rings. The standard InChI is InChI=1S/C57H86N4O14/c1-34-16-12-11-13-17-35(2)47(71-8)30-44-24-19-40(7)57(70,75-44)54(67)55(68)61-25-15-14-18-45(61)56(69)74-48(31-46(62)36(3)27-39(6)52(66)53(73-10)51(65)38(5)26-34)37(4)28-41-20-21-42(49(29-41)72-9)22-23-43-32-60(59-58-43)33-50(63)64/h11-13,16-17,27,32,34,36-38,40-42,44-45,47-49,52-53,66,70H,14-15,18-26,28-31,33H2,1-10H3,(H,63,64)/b13-11+,16-12+,35-17+,39-27+/t34-,36-,37-,38-,40-,41+,42+,44+,45+,47+,48+,49-,52-,53+,57-/m1/s1. The Balaban J connectivity index is 1.42. The third-order valence-corrected chi connectivity index (χ3v) is 16.3. The molecule has 5 rings (SSSR count). The predicted molar refractivity (Wildman–Crippen MR) is 279 cm³/mol. The highest BCUT2D eigenvalue weighted by Gasteiger charge is 2.53. The van der Waals surface area contributed by atoms with E-state index >= 15 is 0 Å². The van der Waals surface area contributed by atoms with Crippen molar-refractivity contribution < 1.29 is 67.8 Å². The number of aliphatic carboxylic acids is 1. The van der Waals surface area contributed by atoms with Crippen molar-refractivity contribution in [2.24, 2.45) is 41.4 Å². The summed E-state index contributed by atoms with van der Waals surface area (Å²) in [5.74, 6) is -8.87. The van der Waals surface area contributed by atoms with Gasteiger partial charge in [-0.05, 0) is 126 Å². The quantitative estimate of drug-likeness (QED) is 0.118. The van der Waals surface area contributed by atoms with Crippen LogP contribution in [0.15, 0.2) is 53.8 Å². The number of aromatic nitrogens is 3. The van der Waals surface area contributed by atoms with E-state index in [9.17, 15) is 39.0 Å². The van der Waals surface area contributed by atoms with Crippen molar-refractivity contribution in [2.45, 2.75) is 193 Å². The molecule has 1 saturated carbocycles. The first-order chi connectivity index (χ1) is 35.6. The van der Waals surface area contributed by atoms with Gasteiger partial charge in [0.25, 0.3) is 11.7 Å². The number of hydrogen-bond acceptors (Lipinski definition) is 15. The summed E-state index contributed by atoms with van der Waals surface area (Å²) in [5, 5.41) is 40.8. The van der Waals surface area contributed by atoms with Crippen LogP contribution in [0.5, 0.6) is 0 Å². The van der Waals surface area contributed by atoms with Gasteiger partial charge in [0.2, 0.25) is 5.79 Å². The summed E-state index contributed by atoms with van der Waals surface area (Å²) in [6.07, 6.45) is 15.4. The monoisotopic (exact) mass is 1050 g/mol. The average molecular weight is 1050 g/mol. The number of carbonyl (C=O) groups is 6. The first-order valence-corrected chi connectivity index (χ1v) is 27.2. The van der Waals surface area contributed by atoms with Gasteiger partial charge in [0.05, 0.1) is 24.0 Å². The molecule has 1 aliphatic carbocycles. The summed E-state index contributed by atoms with van der Waals surface area (Å²) in [6.45, 7) is 12.5. The molecule has 418 valence electrons. The Bertz CT molecular complexity index is 2240. The highest BCUT2D eigenvalue weighted by atomic mass is 16.6. The van der Waals surface area contributed by atoms with Crippen LogP contribution in [0, 0.1) is 41.4 Å². The van der Waals surface area contributed by atoms with Crippen LogP contribution in [-0.4, -0.2) is 147 Å². The number of carboxylic acids is 1. The molecule has 4 heterocycles. The van der Waals surface area contributed by atoms with E-state index in [0.29, 0.717) is 69.1 Å². The normalized spacial score (nSPS) is 36.6. The number of aryl methyl sites for hydroxylation is 1. The third-order valence-electron chi connectivity index (χ3n) is 16.3. The maximum absolute atomic E-state index is 14.6. The molecule has 18 heteroatoms. The van der Waals surface area contributed by atoms with Crippen LogP contribution in [0.2, 0.25) is 0 Å². The van der Waals surface area contributed by atoms with Gasteiger partial charge in [0, 0.05) is 64.7 Å². The Morgan fingerprint density at radius 1 is 0.907 bits per heavy atom. The smallest absolute Gasteiger partial charge is 0.329 e. The third kappa shape index (κ3) is 16.6. The minimum absolute atomic E-state index is 0.00526. The largest absolute Gasteiger partial charge is 0.480 e. The molecule has 75 heavy (non-hydrogen) atoms. The average Bonchev–Trinajstić information content (AvgIpc) is 3.83. The van der Waals surface area contributed by atoms with Crippen molar-refractivity contribution >= 4 is 35.2 Å². The first-order valence-electron chi connectivity index (χ1n) is 27.2. The van der Waals surface area contributed by atoms with Crippen molar-refractivity contribution in [1.29, 1.82) is 0 Å². The Kier molecular flexibility index (Phi) is 23.3. The fourth-order valence-electron chi connectivity index (χ4n) is 11.6. The van der Waals surface area contributed by atoms with Crippen LogP contribution in [0.25, 0.3) is 0 Å². The number of fused-ring (bicyclic) bond motifs is 3. The number of aliphatic hydroxyl groups excluding tert-OH is 1. The summed E-state index contributed by atoms with van der Waals surface area (Å²) in [7, 11) is 4.64. The maximum Gasteiger partial charge on any atom is 0.329 e. The number of carbonyl (C=O) groups excluding carboxylic acids is 5. The van der Waals surface area contributed by atoms with Gasteiger partial charge < -0.3 is 43.9 Å². The number of rotatable bonds is 11. The summed E-state index contributed by atoms with van der Waals surface area (Å²) in [5.41, 5.74) is 1.95. The van der Waals surface area contributed by atoms with Crippen LogP contribution in [0.4, 0.5) is 0 Å². The van der Waals surface area contributed by atoms with Gasteiger partial charge in [0.1, 0.15) is 36.7 Å². The number of hydrogen-bond donors (Lipinski definition) is 3. The minimum atomic E-state index is -2.45. The van der Waals surface area contributed by atoms with E-state index in [4.69, 9.17) is 28.8 Å². The number of piperidine rings is 1. The molecule has 0 unspecified atom stereocenters. The highest BCUT2D eigenvalue weighted by Crippen LogP contribution is 2.39. The number of amides is 1. The van der Waals surface area contributed by atoms with E-state index in [-0.39, 0.29) is 67.3 Å². The molecule has 2 bridgehead atoms. The lowest BCUT2D eigenvalue weighted by Crippen LogP contribution is -2.61. The highest BCUT2D eigenvalue weighted by molar-refractivity contribution is 6.39. The van der Waals surface area contributed by atoms with Gasteiger partial charge in [-0.3, -0.25) is 24.0 Å². The summed E-state index contributed by atoms with van der Waals surface area (Å²) >= 11 is 0. The molecule has 3 aliphatic heterocycles. The van der Waals surface area contributed by atoms with E-state index in [1.54, 1.807) is 47.3 Å². The van der Waals surface area contributed by atoms with E-state index in [0.717, 1.165) is 24.8 Å². The van der Waals surface area contributed by atoms with Crippen molar-refractivity contribution in [3.8, 4) is 0 Å². The summed E-state index contributed by atoms with van der Waals surface area (Å²) in [6, 6.07) is -1.16. The summed E-state index contributed by atoms with van der Waals surface area (Å²) in [4.78, 5) is 83.8. The Morgan fingerprint density at radius 2 is 1.65 bits per heavy atom. The minimum Gasteiger partial charge on any atom is -0.480 e. The number of ketones is 3. The van der Waals surface area contributed by atoms with E-state index in [1.165, 1.54) is 16.7 Å². The number of carboxylic acid groups (broad SMARTS) is 1. The van der Waals surface area contributed by atoms with Crippen LogP contribution < -0.4 is 0 Å². The molecule has 0 radical (unpaired) electrons. The molecular formula is C57H86N4O14. The molecule has 1 aromatic rings. The molecular weight excluding hydrogens is 965 g/mol. The first kappa shape index (κ1) is 61.1. The molecule has 4 aliphatic rings. The van der Waals surface area contributed by atoms with Crippen molar-refractivity contribution in [3.05, 3.63) is 59.5 Å². The van der Waals surface area contributed by atoms with Crippen LogP contribution >= 0.6 is 0 Å².